The van der Waals surface area contributed by atoms with Gasteiger partial charge in [-0.3, -0.25) is 4.79 Å². The lowest BCUT2D eigenvalue weighted by atomic mass is 10.1. The lowest BCUT2D eigenvalue weighted by molar-refractivity contribution is -0.130. The van der Waals surface area contributed by atoms with Gasteiger partial charge in [0.05, 0.1) is 6.04 Å². The maximum absolute atomic E-state index is 11.7. The van der Waals surface area contributed by atoms with Crippen LogP contribution in [-0.4, -0.2) is 24.4 Å². The van der Waals surface area contributed by atoms with E-state index in [-0.39, 0.29) is 11.9 Å². The summed E-state index contributed by atoms with van der Waals surface area (Å²) in [6, 6.07) is 10.1. The molecule has 1 amide bonds. The summed E-state index contributed by atoms with van der Waals surface area (Å²) in [4.78, 5) is 13.6. The molecule has 17 heavy (non-hydrogen) atoms. The molecule has 0 heterocycles. The Balaban J connectivity index is 2.89. The molecule has 0 N–H and O–H groups in total. The summed E-state index contributed by atoms with van der Waals surface area (Å²) in [5.74, 6) is 0.0857. The van der Waals surface area contributed by atoms with Crippen LogP contribution in [0.3, 0.4) is 0 Å². The monoisotopic (exact) mass is 269 g/mol. The second kappa shape index (κ2) is 5.69. The fourth-order valence-electron chi connectivity index (χ4n) is 1.84. The predicted octanol–water partition coefficient (Wildman–Crippen LogP) is 3.58. The molecule has 0 aliphatic carbocycles. The molecular formula is C13H20ClNOSi. The van der Waals surface area contributed by atoms with Gasteiger partial charge in [0.15, 0.2) is 7.38 Å². The maximum atomic E-state index is 11.7. The molecule has 0 bridgehead atoms. The number of carbonyl (C=O) groups excluding carboxylic acids is 1. The van der Waals surface area contributed by atoms with E-state index in [2.05, 4.69) is 13.1 Å². The number of amides is 1. The molecule has 0 aliphatic rings. The Labute approximate surface area is 109 Å². The third-order valence-corrected chi connectivity index (χ3v) is 4.15. The van der Waals surface area contributed by atoms with Crippen molar-refractivity contribution in [2.24, 2.45) is 0 Å². The number of nitrogens with zero attached hydrogens (tertiary/aromatic N) is 1. The Morgan fingerprint density at radius 3 is 2.29 bits per heavy atom. The molecule has 0 aromatic heterocycles. The van der Waals surface area contributed by atoms with Gasteiger partial charge in [0.2, 0.25) is 5.91 Å². The Morgan fingerprint density at radius 2 is 1.88 bits per heavy atom. The van der Waals surface area contributed by atoms with Crippen molar-refractivity contribution in [3.8, 4) is 0 Å². The summed E-state index contributed by atoms with van der Waals surface area (Å²) in [5, 5.41) is 0. The topological polar surface area (TPSA) is 20.3 Å². The van der Waals surface area contributed by atoms with E-state index in [1.807, 2.05) is 42.2 Å². The molecule has 94 valence electrons. The third-order valence-electron chi connectivity index (χ3n) is 2.70. The lowest BCUT2D eigenvalue weighted by Crippen LogP contribution is -2.42. The van der Waals surface area contributed by atoms with Gasteiger partial charge >= 0.3 is 0 Å². The zero-order chi connectivity index (χ0) is 13.1. The summed E-state index contributed by atoms with van der Waals surface area (Å²) in [7, 11) is -1.80. The van der Waals surface area contributed by atoms with Crippen LogP contribution < -0.4 is 0 Å². The van der Waals surface area contributed by atoms with Crippen LogP contribution in [0, 0.1) is 0 Å². The molecule has 4 heteroatoms. The van der Waals surface area contributed by atoms with Crippen molar-refractivity contribution in [3.63, 3.8) is 0 Å². The Kier molecular flexibility index (Phi) is 4.77. The normalized spacial score (nSPS) is 13.2. The van der Waals surface area contributed by atoms with Crippen LogP contribution in [0.4, 0.5) is 0 Å². The first-order chi connectivity index (χ1) is 7.81. The minimum Gasteiger partial charge on any atom is -0.338 e. The van der Waals surface area contributed by atoms with Gasteiger partial charge in [-0.1, -0.05) is 43.4 Å². The molecule has 1 unspecified atom stereocenters. The average Bonchev–Trinajstić information content (AvgIpc) is 2.25. The quantitative estimate of drug-likeness (QED) is 0.604. The Hall–Kier alpha value is -0.803. The van der Waals surface area contributed by atoms with E-state index in [0.29, 0.717) is 6.17 Å². The smallest absolute Gasteiger partial charge is 0.219 e. The van der Waals surface area contributed by atoms with Crippen LogP contribution in [0.2, 0.25) is 13.1 Å². The number of halogens is 1. The van der Waals surface area contributed by atoms with Crippen LogP contribution in [0.25, 0.3) is 0 Å². The summed E-state index contributed by atoms with van der Waals surface area (Å²) in [5.41, 5.74) is 1.15. The zero-order valence-corrected chi connectivity index (χ0v) is 12.7. The van der Waals surface area contributed by atoms with E-state index in [1.165, 1.54) is 0 Å². The number of hydrogen-bond acceptors (Lipinski definition) is 1. The SMILES string of the molecule is CC(=O)N(C[Si](C)(C)Cl)C(C)c1ccccc1. The molecule has 0 spiro atoms. The fraction of sp³-hybridized carbons (Fsp3) is 0.462. The number of carbonyl (C=O) groups is 1. The molecule has 0 saturated heterocycles. The van der Waals surface area contributed by atoms with E-state index >= 15 is 0 Å². The highest BCUT2D eigenvalue weighted by molar-refractivity contribution is 7.19. The number of rotatable bonds is 4. The van der Waals surface area contributed by atoms with Crippen molar-refractivity contribution in [2.75, 3.05) is 6.17 Å². The van der Waals surface area contributed by atoms with Gasteiger partial charge in [-0.25, -0.2) is 0 Å². The van der Waals surface area contributed by atoms with Crippen molar-refractivity contribution < 1.29 is 4.79 Å². The van der Waals surface area contributed by atoms with E-state index in [1.54, 1.807) is 6.92 Å². The van der Waals surface area contributed by atoms with Gasteiger partial charge in [0.1, 0.15) is 0 Å². The second-order valence-electron chi connectivity index (χ2n) is 4.95. The third kappa shape index (κ3) is 4.52. The van der Waals surface area contributed by atoms with Crippen molar-refractivity contribution in [1.29, 1.82) is 0 Å². The molecule has 0 radical (unpaired) electrons. The van der Waals surface area contributed by atoms with Gasteiger partial charge in [-0.2, -0.15) is 11.1 Å². The highest BCUT2D eigenvalue weighted by Crippen LogP contribution is 2.23. The first-order valence-corrected chi connectivity index (χ1v) is 10.0. The van der Waals surface area contributed by atoms with E-state index in [0.717, 1.165) is 5.56 Å². The van der Waals surface area contributed by atoms with E-state index < -0.39 is 7.38 Å². The number of hydrogen-bond donors (Lipinski definition) is 0. The maximum Gasteiger partial charge on any atom is 0.219 e. The summed E-state index contributed by atoms with van der Waals surface area (Å²) >= 11 is 6.35. The second-order valence-corrected chi connectivity index (χ2v) is 11.8. The van der Waals surface area contributed by atoms with Crippen LogP contribution in [-0.2, 0) is 4.79 Å². The van der Waals surface area contributed by atoms with Gasteiger partial charge in [-0.05, 0) is 12.5 Å². The molecular weight excluding hydrogens is 250 g/mol. The average molecular weight is 270 g/mol. The lowest BCUT2D eigenvalue weighted by Gasteiger charge is -2.32. The van der Waals surface area contributed by atoms with Crippen molar-refractivity contribution in [2.45, 2.75) is 33.0 Å². The first-order valence-electron chi connectivity index (χ1n) is 5.82. The van der Waals surface area contributed by atoms with Crippen molar-refractivity contribution in [1.82, 2.24) is 4.90 Å². The minimum absolute atomic E-state index is 0.0826. The predicted molar refractivity (Wildman–Crippen MR) is 75.6 cm³/mol. The van der Waals surface area contributed by atoms with Gasteiger partial charge in [0.25, 0.3) is 0 Å². The van der Waals surface area contributed by atoms with Crippen LogP contribution >= 0.6 is 11.1 Å². The summed E-state index contributed by atoms with van der Waals surface area (Å²) in [6.07, 6.45) is 0.681. The fourth-order valence-corrected chi connectivity index (χ4v) is 3.53. The van der Waals surface area contributed by atoms with Crippen LogP contribution in [0.15, 0.2) is 30.3 Å². The molecule has 0 aliphatic heterocycles. The Bertz CT molecular complexity index is 375. The highest BCUT2D eigenvalue weighted by Gasteiger charge is 2.27. The van der Waals surface area contributed by atoms with Crippen LogP contribution in [0.1, 0.15) is 25.5 Å². The molecule has 1 rings (SSSR count). The molecule has 1 atom stereocenters. The van der Waals surface area contributed by atoms with E-state index in [4.69, 9.17) is 11.1 Å². The molecule has 0 saturated carbocycles. The van der Waals surface area contributed by atoms with Crippen LogP contribution in [0.5, 0.6) is 0 Å². The molecule has 1 aromatic rings. The molecule has 2 nitrogen and oxygen atoms in total. The minimum atomic E-state index is -1.80. The molecule has 0 fully saturated rings. The Morgan fingerprint density at radius 1 is 1.35 bits per heavy atom. The highest BCUT2D eigenvalue weighted by atomic mass is 35.6. The summed E-state index contributed by atoms with van der Waals surface area (Å²) in [6.45, 7) is 7.77. The zero-order valence-electron chi connectivity index (χ0n) is 10.9. The standard InChI is InChI=1S/C13H20ClNOSi/c1-11(13-8-6-5-7-9-13)15(12(2)16)10-17(3,4)14/h5-9,11H,10H2,1-4H3. The number of benzene rings is 1. The van der Waals surface area contributed by atoms with Gasteiger partial charge < -0.3 is 4.90 Å². The molecule has 1 aromatic carbocycles. The van der Waals surface area contributed by atoms with Crippen molar-refractivity contribution in [3.05, 3.63) is 35.9 Å². The van der Waals surface area contributed by atoms with Gasteiger partial charge in [-0.15, -0.1) is 0 Å². The summed E-state index contributed by atoms with van der Waals surface area (Å²) < 4.78 is 0. The largest absolute Gasteiger partial charge is 0.338 e. The van der Waals surface area contributed by atoms with Gasteiger partial charge in [0, 0.05) is 13.1 Å². The van der Waals surface area contributed by atoms with Crippen molar-refractivity contribution >= 4 is 24.4 Å². The first kappa shape index (κ1) is 14.3. The van der Waals surface area contributed by atoms with E-state index in [9.17, 15) is 4.79 Å².